The lowest BCUT2D eigenvalue weighted by Crippen LogP contribution is -2.29. The van der Waals surface area contributed by atoms with E-state index in [4.69, 9.17) is 20.7 Å². The second kappa shape index (κ2) is 6.48. The lowest BCUT2D eigenvalue weighted by atomic mass is 10.1. The fourth-order valence-electron chi connectivity index (χ4n) is 1.99. The standard InChI is InChI=1S/C10H15N3O3.CH4O/c1-6-4-7(5-14)16-9(6)13-3-2-8(11)12-10(13)15;1-2/h2-3,6-7,9,14H,4-5H2,1H3,(H2,11,12,15);2H,1H3. The smallest absolute Gasteiger partial charge is 0.351 e. The van der Waals surface area contributed by atoms with E-state index in [0.29, 0.717) is 0 Å². The van der Waals surface area contributed by atoms with Crippen LogP contribution in [0.2, 0.25) is 0 Å². The zero-order valence-electron chi connectivity index (χ0n) is 10.5. The van der Waals surface area contributed by atoms with Gasteiger partial charge in [-0.2, -0.15) is 4.98 Å². The first kappa shape index (κ1) is 14.6. The van der Waals surface area contributed by atoms with E-state index in [1.165, 1.54) is 4.57 Å². The van der Waals surface area contributed by atoms with E-state index in [1.54, 1.807) is 12.3 Å². The molecule has 18 heavy (non-hydrogen) atoms. The third-order valence-corrected chi connectivity index (χ3v) is 2.78. The molecule has 0 bridgehead atoms. The van der Waals surface area contributed by atoms with Crippen LogP contribution in [0.1, 0.15) is 19.6 Å². The van der Waals surface area contributed by atoms with Gasteiger partial charge in [-0.1, -0.05) is 6.92 Å². The summed E-state index contributed by atoms with van der Waals surface area (Å²) in [6, 6.07) is 1.56. The number of ether oxygens (including phenoxy) is 1. The van der Waals surface area contributed by atoms with Gasteiger partial charge in [-0.25, -0.2) is 4.79 Å². The number of hydrogen-bond acceptors (Lipinski definition) is 6. The van der Waals surface area contributed by atoms with Crippen LogP contribution >= 0.6 is 0 Å². The number of aliphatic hydroxyl groups excluding tert-OH is 2. The zero-order valence-corrected chi connectivity index (χ0v) is 10.5. The second-order valence-electron chi connectivity index (χ2n) is 4.09. The first-order valence-corrected chi connectivity index (χ1v) is 5.67. The minimum absolute atomic E-state index is 0.0298. The minimum atomic E-state index is -0.421. The van der Waals surface area contributed by atoms with Crippen molar-refractivity contribution in [2.45, 2.75) is 25.7 Å². The molecule has 1 aliphatic heterocycles. The van der Waals surface area contributed by atoms with Gasteiger partial charge in [0.25, 0.3) is 0 Å². The van der Waals surface area contributed by atoms with Crippen molar-refractivity contribution >= 4 is 5.82 Å². The summed E-state index contributed by atoms with van der Waals surface area (Å²) in [6.07, 6.45) is 1.74. The van der Waals surface area contributed by atoms with Gasteiger partial charge in [-0.3, -0.25) is 4.57 Å². The van der Waals surface area contributed by atoms with Gasteiger partial charge in [0.2, 0.25) is 0 Å². The maximum Gasteiger partial charge on any atom is 0.351 e. The highest BCUT2D eigenvalue weighted by molar-refractivity contribution is 5.23. The lowest BCUT2D eigenvalue weighted by Gasteiger charge is -2.17. The summed E-state index contributed by atoms with van der Waals surface area (Å²) in [6.45, 7) is 1.95. The quantitative estimate of drug-likeness (QED) is 0.649. The molecular weight excluding hydrogens is 238 g/mol. The molecule has 1 aliphatic rings. The van der Waals surface area contributed by atoms with Crippen molar-refractivity contribution in [1.29, 1.82) is 0 Å². The molecule has 3 atom stereocenters. The average Bonchev–Trinajstić information content (AvgIpc) is 2.73. The molecule has 0 aromatic carbocycles. The largest absolute Gasteiger partial charge is 0.400 e. The van der Waals surface area contributed by atoms with Crippen LogP contribution in [0, 0.1) is 5.92 Å². The van der Waals surface area contributed by atoms with Crippen molar-refractivity contribution in [2.24, 2.45) is 5.92 Å². The van der Waals surface area contributed by atoms with Gasteiger partial charge in [0.1, 0.15) is 12.0 Å². The number of nitrogen functional groups attached to an aromatic ring is 1. The maximum absolute atomic E-state index is 11.6. The van der Waals surface area contributed by atoms with Gasteiger partial charge in [0, 0.05) is 19.2 Å². The fourth-order valence-corrected chi connectivity index (χ4v) is 1.99. The number of nitrogens with two attached hydrogens (primary N) is 1. The molecule has 7 nitrogen and oxygen atoms in total. The maximum atomic E-state index is 11.6. The summed E-state index contributed by atoms with van der Waals surface area (Å²) >= 11 is 0. The number of aliphatic hydroxyl groups is 2. The molecule has 4 N–H and O–H groups in total. The Morgan fingerprint density at radius 3 is 2.78 bits per heavy atom. The topological polar surface area (TPSA) is 111 Å². The van der Waals surface area contributed by atoms with Crippen LogP contribution in [0.3, 0.4) is 0 Å². The SMILES string of the molecule is CC1CC(CO)OC1n1ccc(N)nc1=O.CO. The van der Waals surface area contributed by atoms with Crippen molar-refractivity contribution < 1.29 is 14.9 Å². The average molecular weight is 257 g/mol. The summed E-state index contributed by atoms with van der Waals surface area (Å²) in [7, 11) is 1.00. The summed E-state index contributed by atoms with van der Waals surface area (Å²) in [5, 5.41) is 16.0. The van der Waals surface area contributed by atoms with Crippen molar-refractivity contribution in [3.05, 3.63) is 22.7 Å². The lowest BCUT2D eigenvalue weighted by molar-refractivity contribution is -0.0335. The van der Waals surface area contributed by atoms with E-state index in [9.17, 15) is 4.79 Å². The minimum Gasteiger partial charge on any atom is -0.400 e. The summed E-state index contributed by atoms with van der Waals surface area (Å²) in [5.74, 6) is 0.367. The molecule has 2 heterocycles. The van der Waals surface area contributed by atoms with E-state index in [-0.39, 0.29) is 30.7 Å². The highest BCUT2D eigenvalue weighted by atomic mass is 16.5. The molecule has 0 aliphatic carbocycles. The van der Waals surface area contributed by atoms with Crippen LogP contribution in [0.5, 0.6) is 0 Å². The van der Waals surface area contributed by atoms with Gasteiger partial charge < -0.3 is 20.7 Å². The third kappa shape index (κ3) is 3.06. The predicted molar refractivity (Wildman–Crippen MR) is 65.8 cm³/mol. The Kier molecular flexibility index (Phi) is 5.26. The number of hydrogen-bond donors (Lipinski definition) is 3. The molecule has 0 spiro atoms. The van der Waals surface area contributed by atoms with Crippen LogP contribution < -0.4 is 11.4 Å². The van der Waals surface area contributed by atoms with Gasteiger partial charge >= 0.3 is 5.69 Å². The molecular formula is C11H19N3O4. The first-order valence-electron chi connectivity index (χ1n) is 5.67. The Bertz CT molecular complexity index is 435. The molecule has 102 valence electrons. The molecule has 1 fully saturated rings. The molecule has 0 amide bonds. The fraction of sp³-hybridized carbons (Fsp3) is 0.636. The Morgan fingerprint density at radius 2 is 2.28 bits per heavy atom. The first-order chi connectivity index (χ1) is 8.61. The molecule has 1 aromatic heterocycles. The van der Waals surface area contributed by atoms with Crippen molar-refractivity contribution in [3.63, 3.8) is 0 Å². The number of rotatable bonds is 2. The normalized spacial score (nSPS) is 26.6. The molecule has 7 heteroatoms. The van der Waals surface area contributed by atoms with E-state index in [0.717, 1.165) is 13.5 Å². The van der Waals surface area contributed by atoms with Crippen LogP contribution in [0.25, 0.3) is 0 Å². The van der Waals surface area contributed by atoms with Gasteiger partial charge in [-0.15, -0.1) is 0 Å². The van der Waals surface area contributed by atoms with Crippen molar-refractivity contribution in [3.8, 4) is 0 Å². The molecule has 0 saturated carbocycles. The van der Waals surface area contributed by atoms with Crippen LogP contribution in [0.4, 0.5) is 5.82 Å². The molecule has 2 rings (SSSR count). The van der Waals surface area contributed by atoms with E-state index in [1.807, 2.05) is 6.92 Å². The van der Waals surface area contributed by atoms with E-state index < -0.39 is 5.69 Å². The Balaban J connectivity index is 0.000000771. The molecule has 1 aromatic rings. The Labute approximate surface area is 105 Å². The van der Waals surface area contributed by atoms with Crippen molar-refractivity contribution in [1.82, 2.24) is 9.55 Å². The highest BCUT2D eigenvalue weighted by Crippen LogP contribution is 2.32. The zero-order chi connectivity index (χ0) is 13.7. The summed E-state index contributed by atoms with van der Waals surface area (Å²) in [4.78, 5) is 15.2. The number of nitrogens with zero attached hydrogens (tertiary/aromatic N) is 2. The van der Waals surface area contributed by atoms with Crippen LogP contribution in [-0.4, -0.2) is 39.6 Å². The molecule has 1 saturated heterocycles. The monoisotopic (exact) mass is 257 g/mol. The van der Waals surface area contributed by atoms with E-state index >= 15 is 0 Å². The number of aromatic nitrogens is 2. The molecule has 3 unspecified atom stereocenters. The van der Waals surface area contributed by atoms with Gasteiger partial charge in [-0.05, 0) is 12.5 Å². The van der Waals surface area contributed by atoms with Gasteiger partial charge in [0.05, 0.1) is 12.7 Å². The summed E-state index contributed by atoms with van der Waals surface area (Å²) < 4.78 is 6.98. The van der Waals surface area contributed by atoms with Crippen molar-refractivity contribution in [2.75, 3.05) is 19.5 Å². The van der Waals surface area contributed by atoms with Crippen LogP contribution in [0.15, 0.2) is 17.1 Å². The van der Waals surface area contributed by atoms with Gasteiger partial charge in [0.15, 0.2) is 0 Å². The Hall–Kier alpha value is -1.44. The highest BCUT2D eigenvalue weighted by Gasteiger charge is 2.33. The third-order valence-electron chi connectivity index (χ3n) is 2.78. The molecule has 0 radical (unpaired) electrons. The summed E-state index contributed by atoms with van der Waals surface area (Å²) in [5.41, 5.74) is 4.99. The Morgan fingerprint density at radius 1 is 1.61 bits per heavy atom. The van der Waals surface area contributed by atoms with E-state index in [2.05, 4.69) is 4.98 Å². The predicted octanol–water partition coefficient (Wildman–Crippen LogP) is -0.650. The number of anilines is 1. The second-order valence-corrected chi connectivity index (χ2v) is 4.09. The van der Waals surface area contributed by atoms with Crippen LogP contribution in [-0.2, 0) is 4.74 Å².